The van der Waals surface area contributed by atoms with Gasteiger partial charge < -0.3 is 9.84 Å². The first-order valence-electron chi connectivity index (χ1n) is 11.5. The number of ether oxygens (including phenoxy) is 1. The number of pyridine rings is 1. The molecule has 35 heavy (non-hydrogen) atoms. The van der Waals surface area contributed by atoms with Gasteiger partial charge in [0.2, 0.25) is 0 Å². The number of aromatic nitrogens is 1. The topological polar surface area (TPSA) is 79.7 Å². The minimum atomic E-state index is -0.812. The summed E-state index contributed by atoms with van der Waals surface area (Å²) in [6.45, 7) is 2.11. The standard InChI is InChI=1S/C27H27ClN2O4S/c1-34-21-5-6-24-22(14-21)27(23(28)15-29-24)25(31)7-4-19-8-11-30(16-20(19)13-26(32)33)10-2-3-18-9-12-35-17-18/h5-6,9,12,14-15,17,19-20H,4,7-8,10-11,13,16H2,1H3,(H,32,33)/t19-,20+/m1/s1. The summed E-state index contributed by atoms with van der Waals surface area (Å²) in [6.07, 6.45) is 3.35. The Morgan fingerprint density at radius 1 is 1.31 bits per heavy atom. The van der Waals surface area contributed by atoms with Gasteiger partial charge in [-0.25, -0.2) is 0 Å². The second-order valence-corrected chi connectivity index (χ2v) is 9.97. The highest BCUT2D eigenvalue weighted by molar-refractivity contribution is 7.08. The van der Waals surface area contributed by atoms with Crippen LogP contribution in [-0.2, 0) is 4.79 Å². The highest BCUT2D eigenvalue weighted by atomic mass is 35.5. The van der Waals surface area contributed by atoms with Gasteiger partial charge in [0, 0.05) is 47.5 Å². The lowest BCUT2D eigenvalue weighted by Crippen LogP contribution is -2.41. The molecule has 1 aliphatic rings. The van der Waals surface area contributed by atoms with Gasteiger partial charge in [-0.05, 0) is 60.9 Å². The molecule has 1 fully saturated rings. The quantitative estimate of drug-likeness (QED) is 0.323. The van der Waals surface area contributed by atoms with E-state index in [2.05, 4.69) is 21.7 Å². The molecule has 182 valence electrons. The average molecular weight is 511 g/mol. The lowest BCUT2D eigenvalue weighted by molar-refractivity contribution is -0.139. The number of nitrogens with zero attached hydrogens (tertiary/aromatic N) is 2. The van der Waals surface area contributed by atoms with E-state index < -0.39 is 5.97 Å². The summed E-state index contributed by atoms with van der Waals surface area (Å²) in [7, 11) is 1.57. The number of piperidine rings is 1. The van der Waals surface area contributed by atoms with Crippen LogP contribution in [-0.4, -0.2) is 53.5 Å². The number of Topliss-reactive ketones (excluding diaryl/α,β-unsaturated/α-hetero) is 1. The number of halogens is 1. The van der Waals surface area contributed by atoms with Crippen LogP contribution >= 0.6 is 22.9 Å². The van der Waals surface area contributed by atoms with E-state index in [9.17, 15) is 14.7 Å². The number of fused-ring (bicyclic) bond motifs is 1. The van der Waals surface area contributed by atoms with Gasteiger partial charge in [-0.1, -0.05) is 23.4 Å². The minimum Gasteiger partial charge on any atom is -0.497 e. The number of rotatable bonds is 8. The molecule has 0 saturated carbocycles. The van der Waals surface area contributed by atoms with Crippen molar-refractivity contribution in [1.29, 1.82) is 0 Å². The molecule has 0 unspecified atom stereocenters. The zero-order chi connectivity index (χ0) is 24.8. The van der Waals surface area contributed by atoms with Crippen LogP contribution in [0.15, 0.2) is 41.2 Å². The molecule has 1 aromatic carbocycles. The fourth-order valence-electron chi connectivity index (χ4n) is 4.72. The Morgan fingerprint density at radius 3 is 2.91 bits per heavy atom. The molecule has 0 aliphatic carbocycles. The molecule has 4 rings (SSSR count). The molecule has 1 aliphatic heterocycles. The number of methoxy groups -OCH3 is 1. The Morgan fingerprint density at radius 2 is 2.17 bits per heavy atom. The van der Waals surface area contributed by atoms with Crippen LogP contribution in [0.25, 0.3) is 10.9 Å². The van der Waals surface area contributed by atoms with E-state index in [1.807, 2.05) is 16.8 Å². The summed E-state index contributed by atoms with van der Waals surface area (Å²) < 4.78 is 5.31. The highest BCUT2D eigenvalue weighted by Crippen LogP contribution is 2.33. The summed E-state index contributed by atoms with van der Waals surface area (Å²) in [5, 5.41) is 14.5. The van der Waals surface area contributed by atoms with Crippen molar-refractivity contribution in [3.63, 3.8) is 0 Å². The number of carboxylic acids is 1. The molecule has 6 nitrogen and oxygen atoms in total. The molecular formula is C27H27ClN2O4S. The third-order valence-corrected chi connectivity index (χ3v) is 7.49. The summed E-state index contributed by atoms with van der Waals surface area (Å²) in [4.78, 5) is 31.4. The lowest BCUT2D eigenvalue weighted by atomic mass is 9.79. The number of hydrogen-bond donors (Lipinski definition) is 1. The number of likely N-dealkylation sites (tertiary alicyclic amines) is 1. The van der Waals surface area contributed by atoms with Crippen molar-refractivity contribution in [2.45, 2.75) is 25.7 Å². The first-order chi connectivity index (χ1) is 16.9. The van der Waals surface area contributed by atoms with Gasteiger partial charge in [-0.2, -0.15) is 11.3 Å². The summed E-state index contributed by atoms with van der Waals surface area (Å²) in [5.74, 6) is 6.24. The number of carboxylic acid groups (broad SMARTS) is 1. The fraction of sp³-hybridized carbons (Fsp3) is 0.370. The van der Waals surface area contributed by atoms with Gasteiger partial charge in [-0.3, -0.25) is 19.5 Å². The van der Waals surface area contributed by atoms with Gasteiger partial charge in [0.25, 0.3) is 0 Å². The summed E-state index contributed by atoms with van der Waals surface area (Å²) in [6, 6.07) is 7.38. The van der Waals surface area contributed by atoms with Crippen molar-refractivity contribution in [3.8, 4) is 17.6 Å². The molecule has 3 heterocycles. The average Bonchev–Trinajstić information content (AvgIpc) is 3.36. The zero-order valence-corrected chi connectivity index (χ0v) is 21.1. The van der Waals surface area contributed by atoms with Crippen molar-refractivity contribution in [2.24, 2.45) is 11.8 Å². The molecule has 0 bridgehead atoms. The molecule has 8 heteroatoms. The van der Waals surface area contributed by atoms with Crippen LogP contribution < -0.4 is 4.74 Å². The molecule has 0 spiro atoms. The van der Waals surface area contributed by atoms with Crippen LogP contribution in [0.2, 0.25) is 5.02 Å². The van der Waals surface area contributed by atoms with Crippen LogP contribution in [0.3, 0.4) is 0 Å². The predicted molar refractivity (Wildman–Crippen MR) is 138 cm³/mol. The number of thiophene rings is 1. The molecule has 0 amide bonds. The van der Waals surface area contributed by atoms with Gasteiger partial charge in [0.15, 0.2) is 5.78 Å². The largest absolute Gasteiger partial charge is 0.497 e. The van der Waals surface area contributed by atoms with Crippen molar-refractivity contribution < 1.29 is 19.4 Å². The molecule has 1 N–H and O–H groups in total. The predicted octanol–water partition coefficient (Wildman–Crippen LogP) is 5.39. The van der Waals surface area contributed by atoms with Crippen LogP contribution in [0.1, 0.15) is 41.6 Å². The Kier molecular flexibility index (Phi) is 8.40. The van der Waals surface area contributed by atoms with Gasteiger partial charge in [0.1, 0.15) is 5.75 Å². The van der Waals surface area contributed by atoms with Crippen molar-refractivity contribution in [3.05, 3.63) is 57.4 Å². The second kappa shape index (κ2) is 11.7. The van der Waals surface area contributed by atoms with E-state index in [-0.39, 0.29) is 24.0 Å². The van der Waals surface area contributed by atoms with E-state index in [4.69, 9.17) is 16.3 Å². The summed E-state index contributed by atoms with van der Waals surface area (Å²) in [5.41, 5.74) is 2.14. The van der Waals surface area contributed by atoms with E-state index in [0.717, 1.165) is 18.5 Å². The number of carbonyl (C=O) groups is 2. The van der Waals surface area contributed by atoms with Crippen LogP contribution in [0, 0.1) is 23.7 Å². The van der Waals surface area contributed by atoms with Gasteiger partial charge in [-0.15, -0.1) is 0 Å². The third-order valence-electron chi connectivity index (χ3n) is 6.52. The number of aliphatic carboxylic acids is 1. The van der Waals surface area contributed by atoms with Crippen LogP contribution in [0.4, 0.5) is 0 Å². The smallest absolute Gasteiger partial charge is 0.303 e. The molecule has 2 aromatic heterocycles. The van der Waals surface area contributed by atoms with Gasteiger partial charge in [0.05, 0.1) is 24.2 Å². The van der Waals surface area contributed by atoms with Crippen molar-refractivity contribution >= 4 is 45.6 Å². The van der Waals surface area contributed by atoms with E-state index in [0.29, 0.717) is 53.2 Å². The normalized spacial score (nSPS) is 18.1. The first kappa shape index (κ1) is 25.2. The summed E-state index contributed by atoms with van der Waals surface area (Å²) >= 11 is 8.01. The van der Waals surface area contributed by atoms with Crippen molar-refractivity contribution in [2.75, 3.05) is 26.7 Å². The molecule has 1 saturated heterocycles. The fourth-order valence-corrected chi connectivity index (χ4v) is 5.57. The highest BCUT2D eigenvalue weighted by Gasteiger charge is 2.31. The molecular weight excluding hydrogens is 484 g/mol. The van der Waals surface area contributed by atoms with E-state index in [1.165, 1.54) is 6.20 Å². The Balaban J connectivity index is 1.43. The number of benzene rings is 1. The number of carbonyl (C=O) groups excluding carboxylic acids is 1. The Labute approximate surface area is 213 Å². The van der Waals surface area contributed by atoms with E-state index in [1.54, 1.807) is 36.6 Å². The lowest BCUT2D eigenvalue weighted by Gasteiger charge is -2.37. The third kappa shape index (κ3) is 6.40. The molecule has 0 radical (unpaired) electrons. The minimum absolute atomic E-state index is 0.0262. The van der Waals surface area contributed by atoms with Crippen LogP contribution in [0.5, 0.6) is 5.75 Å². The maximum Gasteiger partial charge on any atom is 0.303 e. The Hall–Kier alpha value is -2.92. The van der Waals surface area contributed by atoms with Gasteiger partial charge >= 0.3 is 5.97 Å². The maximum atomic E-state index is 13.3. The monoisotopic (exact) mass is 510 g/mol. The van der Waals surface area contributed by atoms with E-state index >= 15 is 0 Å². The zero-order valence-electron chi connectivity index (χ0n) is 19.5. The SMILES string of the molecule is COc1ccc2ncc(Cl)c(C(=O)CC[C@@H]3CCN(CC#Cc4ccsc4)C[C@@H]3CC(=O)O)c2c1. The Bertz CT molecular complexity index is 1270. The number of hydrogen-bond acceptors (Lipinski definition) is 6. The first-order valence-corrected chi connectivity index (χ1v) is 12.9. The number of ketones is 1. The van der Waals surface area contributed by atoms with Crippen molar-refractivity contribution in [1.82, 2.24) is 9.88 Å². The molecule has 3 aromatic rings. The molecule has 2 atom stereocenters. The maximum absolute atomic E-state index is 13.3. The second-order valence-electron chi connectivity index (χ2n) is 8.78.